The topological polar surface area (TPSA) is 37.2 Å². The quantitative estimate of drug-likeness (QED) is 0.825. The lowest BCUT2D eigenvalue weighted by Gasteiger charge is -2.21. The third-order valence-corrected chi connectivity index (χ3v) is 3.51. The maximum atomic E-state index is 5.32. The van der Waals surface area contributed by atoms with Gasteiger partial charge in [-0.2, -0.15) is 0 Å². The minimum atomic E-state index is 0.538. The van der Waals surface area contributed by atoms with Crippen LogP contribution < -0.4 is 10.6 Å². The second-order valence-corrected chi connectivity index (χ2v) is 5.10. The molecule has 2 heterocycles. The highest BCUT2D eigenvalue weighted by atomic mass is 16.3. The molecule has 1 aromatic rings. The average Bonchev–Trinajstić information content (AvgIpc) is 2.72. The van der Waals surface area contributed by atoms with E-state index in [1.807, 2.05) is 12.1 Å². The van der Waals surface area contributed by atoms with Crippen molar-refractivity contribution in [1.29, 1.82) is 0 Å². The van der Waals surface area contributed by atoms with Crippen LogP contribution >= 0.6 is 0 Å². The first-order valence-corrected chi connectivity index (χ1v) is 6.84. The van der Waals surface area contributed by atoms with Gasteiger partial charge in [0.05, 0.1) is 12.8 Å². The Morgan fingerprint density at radius 1 is 1.47 bits per heavy atom. The molecule has 17 heavy (non-hydrogen) atoms. The van der Waals surface area contributed by atoms with Gasteiger partial charge in [0.2, 0.25) is 0 Å². The predicted molar refractivity (Wildman–Crippen MR) is 69.9 cm³/mol. The second kappa shape index (κ2) is 6.82. The molecule has 0 spiro atoms. The van der Waals surface area contributed by atoms with Gasteiger partial charge in [0.1, 0.15) is 5.76 Å². The van der Waals surface area contributed by atoms with Crippen molar-refractivity contribution in [1.82, 2.24) is 10.6 Å². The summed E-state index contributed by atoms with van der Waals surface area (Å²) in [4.78, 5) is 0. The van der Waals surface area contributed by atoms with Crippen molar-refractivity contribution in [2.75, 3.05) is 6.54 Å². The molecule has 2 unspecified atom stereocenters. The highest BCUT2D eigenvalue weighted by molar-refractivity contribution is 4.97. The monoisotopic (exact) mass is 236 g/mol. The normalized spacial score (nSPS) is 23.2. The second-order valence-electron chi connectivity index (χ2n) is 5.10. The van der Waals surface area contributed by atoms with E-state index < -0.39 is 0 Å². The van der Waals surface area contributed by atoms with Crippen molar-refractivity contribution >= 4 is 0 Å². The summed E-state index contributed by atoms with van der Waals surface area (Å²) in [5, 5.41) is 7.16. The number of rotatable bonds is 5. The van der Waals surface area contributed by atoms with Crippen molar-refractivity contribution in [2.24, 2.45) is 0 Å². The number of hydrogen-bond donors (Lipinski definition) is 2. The first kappa shape index (κ1) is 12.7. The molecule has 0 aromatic carbocycles. The molecule has 1 aromatic heterocycles. The first-order valence-electron chi connectivity index (χ1n) is 6.84. The smallest absolute Gasteiger partial charge is 0.117 e. The van der Waals surface area contributed by atoms with Crippen molar-refractivity contribution in [2.45, 2.75) is 57.7 Å². The van der Waals surface area contributed by atoms with Crippen molar-refractivity contribution in [3.05, 3.63) is 24.2 Å². The Kier molecular flexibility index (Phi) is 5.08. The maximum Gasteiger partial charge on any atom is 0.117 e. The van der Waals surface area contributed by atoms with Gasteiger partial charge in [-0.1, -0.05) is 12.8 Å². The summed E-state index contributed by atoms with van der Waals surface area (Å²) in [6.07, 6.45) is 8.37. The van der Waals surface area contributed by atoms with Gasteiger partial charge in [0.25, 0.3) is 0 Å². The van der Waals surface area contributed by atoms with Crippen LogP contribution in [0.3, 0.4) is 0 Å². The third-order valence-electron chi connectivity index (χ3n) is 3.51. The lowest BCUT2D eigenvalue weighted by atomic mass is 10.0. The number of hydrogen-bond acceptors (Lipinski definition) is 3. The fourth-order valence-corrected chi connectivity index (χ4v) is 2.50. The van der Waals surface area contributed by atoms with E-state index in [9.17, 15) is 0 Å². The molecule has 3 heteroatoms. The molecule has 96 valence electrons. The van der Waals surface area contributed by atoms with Crippen LogP contribution in [0.4, 0.5) is 0 Å². The Labute approximate surface area is 104 Å². The van der Waals surface area contributed by atoms with Gasteiger partial charge in [-0.15, -0.1) is 0 Å². The van der Waals surface area contributed by atoms with Crippen LogP contribution in [0, 0.1) is 0 Å². The largest absolute Gasteiger partial charge is 0.468 e. The highest BCUT2D eigenvalue weighted by Crippen LogP contribution is 2.12. The molecule has 1 aliphatic heterocycles. The molecule has 3 nitrogen and oxygen atoms in total. The molecule has 2 rings (SSSR count). The van der Waals surface area contributed by atoms with Gasteiger partial charge in [0, 0.05) is 12.1 Å². The molecule has 0 aliphatic carbocycles. The predicted octanol–water partition coefficient (Wildman–Crippen LogP) is 2.68. The van der Waals surface area contributed by atoms with Gasteiger partial charge in [-0.3, -0.25) is 0 Å². The van der Waals surface area contributed by atoms with Gasteiger partial charge >= 0.3 is 0 Å². The zero-order chi connectivity index (χ0) is 11.9. The summed E-state index contributed by atoms with van der Waals surface area (Å²) in [6.45, 7) is 4.28. The molecule has 2 N–H and O–H groups in total. The minimum absolute atomic E-state index is 0.538. The molecule has 0 bridgehead atoms. The Hall–Kier alpha value is -0.800. The average molecular weight is 236 g/mol. The molecule has 0 radical (unpaired) electrons. The van der Waals surface area contributed by atoms with Gasteiger partial charge in [0.15, 0.2) is 0 Å². The van der Waals surface area contributed by atoms with E-state index >= 15 is 0 Å². The Bertz CT molecular complexity index is 289. The van der Waals surface area contributed by atoms with E-state index in [1.165, 1.54) is 38.6 Å². The molecule has 2 atom stereocenters. The zero-order valence-electron chi connectivity index (χ0n) is 10.7. The Morgan fingerprint density at radius 3 is 3.24 bits per heavy atom. The summed E-state index contributed by atoms with van der Waals surface area (Å²) in [5.41, 5.74) is 0. The number of furan rings is 1. The van der Waals surface area contributed by atoms with Gasteiger partial charge in [-0.05, 0) is 44.9 Å². The van der Waals surface area contributed by atoms with Crippen molar-refractivity contribution in [3.8, 4) is 0 Å². The van der Waals surface area contributed by atoms with Crippen LogP contribution in [0.1, 0.15) is 44.8 Å². The molecule has 0 saturated carbocycles. The Balaban J connectivity index is 1.67. The zero-order valence-corrected chi connectivity index (χ0v) is 10.7. The summed E-state index contributed by atoms with van der Waals surface area (Å²) in [7, 11) is 0. The fourth-order valence-electron chi connectivity index (χ4n) is 2.50. The SMILES string of the molecule is CC(CC1CCCCCN1)NCc1ccco1. The molecule has 1 fully saturated rings. The minimum Gasteiger partial charge on any atom is -0.468 e. The molecular formula is C14H24N2O. The molecule has 1 aliphatic rings. The summed E-state index contributed by atoms with van der Waals surface area (Å²) in [5.74, 6) is 1.02. The highest BCUT2D eigenvalue weighted by Gasteiger charge is 2.14. The van der Waals surface area contributed by atoms with Crippen molar-refractivity contribution in [3.63, 3.8) is 0 Å². The standard InChI is InChI=1S/C14H24N2O/c1-12(16-11-14-7-5-9-17-14)10-13-6-3-2-4-8-15-13/h5,7,9,12-13,15-16H,2-4,6,8,10-11H2,1H3. The van der Waals surface area contributed by atoms with Gasteiger partial charge < -0.3 is 15.1 Å². The third kappa shape index (κ3) is 4.52. The number of nitrogens with one attached hydrogen (secondary N) is 2. The van der Waals surface area contributed by atoms with Crippen LogP contribution in [0.5, 0.6) is 0 Å². The summed E-state index contributed by atoms with van der Waals surface area (Å²) < 4.78 is 5.32. The van der Waals surface area contributed by atoms with E-state index in [0.717, 1.165) is 12.3 Å². The molecular weight excluding hydrogens is 212 g/mol. The van der Waals surface area contributed by atoms with E-state index in [0.29, 0.717) is 12.1 Å². The van der Waals surface area contributed by atoms with E-state index in [1.54, 1.807) is 6.26 Å². The van der Waals surface area contributed by atoms with Gasteiger partial charge in [-0.25, -0.2) is 0 Å². The van der Waals surface area contributed by atoms with Crippen LogP contribution in [-0.4, -0.2) is 18.6 Å². The van der Waals surface area contributed by atoms with E-state index in [2.05, 4.69) is 17.6 Å². The maximum absolute atomic E-state index is 5.32. The summed E-state index contributed by atoms with van der Waals surface area (Å²) in [6, 6.07) is 5.19. The van der Waals surface area contributed by atoms with Crippen LogP contribution in [0.15, 0.2) is 22.8 Å². The molecule has 1 saturated heterocycles. The van der Waals surface area contributed by atoms with Crippen LogP contribution in [0.2, 0.25) is 0 Å². The lowest BCUT2D eigenvalue weighted by molar-refractivity contribution is 0.386. The first-order chi connectivity index (χ1) is 8.34. The fraction of sp³-hybridized carbons (Fsp3) is 0.714. The Morgan fingerprint density at radius 2 is 2.41 bits per heavy atom. The van der Waals surface area contributed by atoms with E-state index in [4.69, 9.17) is 4.42 Å². The molecule has 0 amide bonds. The van der Waals surface area contributed by atoms with E-state index in [-0.39, 0.29) is 0 Å². The lowest BCUT2D eigenvalue weighted by Crippen LogP contribution is -2.36. The summed E-state index contributed by atoms with van der Waals surface area (Å²) >= 11 is 0. The van der Waals surface area contributed by atoms with Crippen LogP contribution in [0.25, 0.3) is 0 Å². The van der Waals surface area contributed by atoms with Crippen molar-refractivity contribution < 1.29 is 4.42 Å². The van der Waals surface area contributed by atoms with Crippen LogP contribution in [-0.2, 0) is 6.54 Å².